The number of carbonyl (C=O) groups is 1. The van der Waals surface area contributed by atoms with Crippen LogP contribution < -0.4 is 11.1 Å². The Labute approximate surface area is 135 Å². The molecule has 118 valence electrons. The predicted molar refractivity (Wildman–Crippen MR) is 90.7 cm³/mol. The third-order valence-electron chi connectivity index (χ3n) is 3.24. The molecule has 2 aromatic rings. The minimum absolute atomic E-state index is 0.00538. The Bertz CT molecular complexity index is 624. The molecule has 1 aromatic carbocycles. The number of benzene rings is 1. The molecule has 3 N–H and O–H groups in total. The summed E-state index contributed by atoms with van der Waals surface area (Å²) in [6.45, 7) is 1.97. The predicted octanol–water partition coefficient (Wildman–Crippen LogP) is 1.49. The summed E-state index contributed by atoms with van der Waals surface area (Å²) in [5, 5.41) is 5.75. The number of rotatable bonds is 7. The molecule has 22 heavy (non-hydrogen) atoms. The van der Waals surface area contributed by atoms with E-state index < -0.39 is 0 Å². The molecule has 0 radical (unpaired) electrons. The Morgan fingerprint density at radius 2 is 2.14 bits per heavy atom. The van der Waals surface area contributed by atoms with E-state index in [4.69, 9.17) is 5.73 Å². The first-order valence-corrected chi connectivity index (χ1v) is 8.12. The van der Waals surface area contributed by atoms with Gasteiger partial charge in [-0.3, -0.25) is 4.79 Å². The average molecular weight is 318 g/mol. The fourth-order valence-electron chi connectivity index (χ4n) is 2.06. The fourth-order valence-corrected chi connectivity index (χ4v) is 2.94. The molecule has 0 spiro atoms. The number of nitrogens with two attached hydrogens (primary N) is 1. The lowest BCUT2D eigenvalue weighted by Gasteiger charge is -2.09. The molecule has 0 bridgehead atoms. The number of carbonyl (C=O) groups excluding carboxylic acids is 1. The lowest BCUT2D eigenvalue weighted by molar-refractivity contribution is -0.120. The maximum absolute atomic E-state index is 11.9. The first kappa shape index (κ1) is 16.6. The second kappa shape index (κ2) is 8.03. The molecule has 5 nitrogen and oxygen atoms in total. The zero-order chi connectivity index (χ0) is 15.9. The summed E-state index contributed by atoms with van der Waals surface area (Å²) >= 11 is 1.55. The second-order valence-corrected chi connectivity index (χ2v) is 6.19. The van der Waals surface area contributed by atoms with Crippen molar-refractivity contribution in [3.8, 4) is 10.6 Å². The number of hydrogen-bond acceptors (Lipinski definition) is 5. The van der Waals surface area contributed by atoms with Gasteiger partial charge in [-0.25, -0.2) is 4.98 Å². The highest BCUT2D eigenvalue weighted by Gasteiger charge is 2.11. The first-order chi connectivity index (χ1) is 10.6. The molecule has 0 atom stereocenters. The molecule has 0 aliphatic rings. The summed E-state index contributed by atoms with van der Waals surface area (Å²) in [7, 11) is 3.96. The van der Waals surface area contributed by atoms with Gasteiger partial charge < -0.3 is 16.0 Å². The smallest absolute Gasteiger partial charge is 0.226 e. The van der Waals surface area contributed by atoms with Crippen LogP contribution in [0.3, 0.4) is 0 Å². The van der Waals surface area contributed by atoms with E-state index in [0.29, 0.717) is 19.5 Å². The van der Waals surface area contributed by atoms with Gasteiger partial charge in [-0.1, -0.05) is 24.3 Å². The van der Waals surface area contributed by atoms with E-state index in [1.807, 2.05) is 48.6 Å². The van der Waals surface area contributed by atoms with Crippen LogP contribution in [0, 0.1) is 0 Å². The Hall–Kier alpha value is -1.76. The van der Waals surface area contributed by atoms with E-state index in [0.717, 1.165) is 28.4 Å². The third kappa shape index (κ3) is 4.62. The van der Waals surface area contributed by atoms with Gasteiger partial charge in [0.15, 0.2) is 0 Å². The van der Waals surface area contributed by atoms with Crippen LogP contribution in [0.5, 0.6) is 0 Å². The van der Waals surface area contributed by atoms with Gasteiger partial charge in [0.05, 0.1) is 12.1 Å². The van der Waals surface area contributed by atoms with Gasteiger partial charge in [0.1, 0.15) is 5.01 Å². The highest BCUT2D eigenvalue weighted by Crippen LogP contribution is 2.27. The van der Waals surface area contributed by atoms with Crippen molar-refractivity contribution in [3.05, 3.63) is 40.9 Å². The van der Waals surface area contributed by atoms with E-state index in [1.165, 1.54) is 0 Å². The number of aromatic nitrogens is 1. The topological polar surface area (TPSA) is 71.2 Å². The summed E-state index contributed by atoms with van der Waals surface area (Å²) < 4.78 is 0. The molecule has 0 saturated carbocycles. The van der Waals surface area contributed by atoms with E-state index >= 15 is 0 Å². The SMILES string of the molecule is CN(C)CCNC(=O)Cc1csc(-c2ccccc2CN)n1. The molecule has 1 heterocycles. The van der Waals surface area contributed by atoms with E-state index in [2.05, 4.69) is 10.3 Å². The van der Waals surface area contributed by atoms with Crippen LogP contribution in [-0.4, -0.2) is 43.0 Å². The minimum atomic E-state index is 0.00538. The van der Waals surface area contributed by atoms with Crippen molar-refractivity contribution in [2.75, 3.05) is 27.2 Å². The number of likely N-dealkylation sites (N-methyl/N-ethyl adjacent to an activating group) is 1. The van der Waals surface area contributed by atoms with Crippen molar-refractivity contribution in [1.82, 2.24) is 15.2 Å². The minimum Gasteiger partial charge on any atom is -0.354 e. The monoisotopic (exact) mass is 318 g/mol. The van der Waals surface area contributed by atoms with E-state index in [-0.39, 0.29) is 5.91 Å². The van der Waals surface area contributed by atoms with Crippen LogP contribution in [0.2, 0.25) is 0 Å². The van der Waals surface area contributed by atoms with Crippen LogP contribution in [0.25, 0.3) is 10.6 Å². The number of nitrogens with zero attached hydrogens (tertiary/aromatic N) is 2. The molecular formula is C16H22N4OS. The normalized spacial score (nSPS) is 10.9. The molecule has 0 unspecified atom stereocenters. The highest BCUT2D eigenvalue weighted by atomic mass is 32.1. The summed E-state index contributed by atoms with van der Waals surface area (Å²) in [6.07, 6.45) is 0.314. The average Bonchev–Trinajstić information content (AvgIpc) is 2.95. The van der Waals surface area contributed by atoms with Crippen LogP contribution in [0.15, 0.2) is 29.6 Å². The van der Waals surface area contributed by atoms with Crippen LogP contribution in [0.4, 0.5) is 0 Å². The Morgan fingerprint density at radius 1 is 1.36 bits per heavy atom. The van der Waals surface area contributed by atoms with E-state index in [1.54, 1.807) is 11.3 Å². The largest absolute Gasteiger partial charge is 0.354 e. The molecule has 0 aliphatic carbocycles. The zero-order valence-corrected chi connectivity index (χ0v) is 13.8. The molecule has 0 fully saturated rings. The molecule has 0 aliphatic heterocycles. The number of hydrogen-bond donors (Lipinski definition) is 2. The summed E-state index contributed by atoms with van der Waals surface area (Å²) in [5.41, 5.74) is 8.68. The van der Waals surface area contributed by atoms with E-state index in [9.17, 15) is 4.79 Å². The molecule has 1 amide bonds. The summed E-state index contributed by atoms with van der Waals surface area (Å²) in [6, 6.07) is 7.97. The fraction of sp³-hybridized carbons (Fsp3) is 0.375. The maximum Gasteiger partial charge on any atom is 0.226 e. The quantitative estimate of drug-likeness (QED) is 0.811. The van der Waals surface area contributed by atoms with Gasteiger partial charge in [-0.2, -0.15) is 0 Å². The van der Waals surface area contributed by atoms with Gasteiger partial charge in [0, 0.05) is 30.6 Å². The summed E-state index contributed by atoms with van der Waals surface area (Å²) in [5.74, 6) is 0.00538. The summed E-state index contributed by atoms with van der Waals surface area (Å²) in [4.78, 5) is 18.5. The third-order valence-corrected chi connectivity index (χ3v) is 4.17. The van der Waals surface area contributed by atoms with Gasteiger partial charge in [-0.15, -0.1) is 11.3 Å². The van der Waals surface area contributed by atoms with Gasteiger partial charge in [0.25, 0.3) is 0 Å². The van der Waals surface area contributed by atoms with Crippen molar-refractivity contribution in [3.63, 3.8) is 0 Å². The van der Waals surface area contributed by atoms with Crippen LogP contribution in [0.1, 0.15) is 11.3 Å². The molecule has 0 saturated heterocycles. The van der Waals surface area contributed by atoms with Crippen molar-refractivity contribution < 1.29 is 4.79 Å². The number of thiazole rings is 1. The van der Waals surface area contributed by atoms with Crippen molar-refractivity contribution in [2.24, 2.45) is 5.73 Å². The highest BCUT2D eigenvalue weighted by molar-refractivity contribution is 7.13. The van der Waals surface area contributed by atoms with Crippen molar-refractivity contribution >= 4 is 17.2 Å². The Morgan fingerprint density at radius 3 is 2.86 bits per heavy atom. The van der Waals surface area contributed by atoms with Gasteiger partial charge >= 0.3 is 0 Å². The van der Waals surface area contributed by atoms with Crippen LogP contribution >= 0.6 is 11.3 Å². The van der Waals surface area contributed by atoms with Gasteiger partial charge in [0.2, 0.25) is 5.91 Å². The van der Waals surface area contributed by atoms with Crippen molar-refractivity contribution in [2.45, 2.75) is 13.0 Å². The van der Waals surface area contributed by atoms with Crippen LogP contribution in [-0.2, 0) is 17.8 Å². The first-order valence-electron chi connectivity index (χ1n) is 7.24. The molecule has 2 rings (SSSR count). The lowest BCUT2D eigenvalue weighted by atomic mass is 10.1. The molecular weight excluding hydrogens is 296 g/mol. The van der Waals surface area contributed by atoms with Crippen molar-refractivity contribution in [1.29, 1.82) is 0 Å². The number of nitrogens with one attached hydrogen (secondary N) is 1. The zero-order valence-electron chi connectivity index (χ0n) is 13.0. The standard InChI is InChI=1S/C16H22N4OS/c1-20(2)8-7-18-15(21)9-13-11-22-16(19-13)14-6-4-3-5-12(14)10-17/h3-6,11H,7-10,17H2,1-2H3,(H,18,21). The van der Waals surface area contributed by atoms with Gasteiger partial charge in [-0.05, 0) is 19.7 Å². The lowest BCUT2D eigenvalue weighted by Crippen LogP contribution is -2.32. The number of amides is 1. The Balaban J connectivity index is 1.98. The second-order valence-electron chi connectivity index (χ2n) is 5.34. The maximum atomic E-state index is 11.9. The molecule has 1 aromatic heterocycles. The molecule has 6 heteroatoms. The Kier molecular flexibility index (Phi) is 6.06.